The average molecular weight is 364 g/mol. The topological polar surface area (TPSA) is 54.7 Å². The molecule has 0 spiro atoms. The first-order valence-corrected chi connectivity index (χ1v) is 9.38. The maximum absolute atomic E-state index is 13.2. The molecule has 1 aliphatic heterocycles. The van der Waals surface area contributed by atoms with E-state index in [1.54, 1.807) is 0 Å². The lowest BCUT2D eigenvalue weighted by molar-refractivity contribution is 0.0754. The Kier molecular flexibility index (Phi) is 5.12. The summed E-state index contributed by atoms with van der Waals surface area (Å²) in [5.74, 6) is 1.62. The van der Waals surface area contributed by atoms with E-state index < -0.39 is 0 Å². The number of hydrogen-bond donors (Lipinski definition) is 1. The highest BCUT2D eigenvalue weighted by atomic mass is 16.5. The van der Waals surface area contributed by atoms with Crippen LogP contribution in [0.2, 0.25) is 0 Å². The molecular formula is C22H24N2O3. The number of likely N-dealkylation sites (tertiary alicyclic amines) is 1. The number of furan rings is 1. The van der Waals surface area contributed by atoms with Crippen LogP contribution in [0.15, 0.2) is 59.0 Å². The fourth-order valence-corrected chi connectivity index (χ4v) is 3.70. The molecule has 0 aliphatic carbocycles. The normalized spacial score (nSPS) is 16.8. The van der Waals surface area contributed by atoms with Crippen molar-refractivity contribution in [3.63, 3.8) is 0 Å². The van der Waals surface area contributed by atoms with Gasteiger partial charge < -0.3 is 19.4 Å². The molecule has 1 unspecified atom stereocenters. The van der Waals surface area contributed by atoms with Crippen molar-refractivity contribution in [3.05, 3.63) is 65.9 Å². The van der Waals surface area contributed by atoms with Crippen LogP contribution in [-0.2, 0) is 6.61 Å². The zero-order valence-electron chi connectivity index (χ0n) is 15.5. The lowest BCUT2D eigenvalue weighted by Gasteiger charge is -2.16. The van der Waals surface area contributed by atoms with Crippen LogP contribution in [0.1, 0.15) is 22.5 Å². The number of benzene rings is 2. The zero-order valence-corrected chi connectivity index (χ0v) is 15.5. The molecule has 1 atom stereocenters. The number of ether oxygens (including phenoxy) is 1. The third-order valence-corrected chi connectivity index (χ3v) is 5.08. The fourth-order valence-electron chi connectivity index (χ4n) is 3.70. The van der Waals surface area contributed by atoms with Gasteiger partial charge in [0.2, 0.25) is 0 Å². The molecule has 5 nitrogen and oxygen atoms in total. The first-order chi connectivity index (χ1) is 13.3. The predicted molar refractivity (Wildman–Crippen MR) is 105 cm³/mol. The number of nitrogens with one attached hydrogen (secondary N) is 1. The molecule has 2 heterocycles. The van der Waals surface area contributed by atoms with E-state index in [-0.39, 0.29) is 5.91 Å². The van der Waals surface area contributed by atoms with Gasteiger partial charge in [-0.05, 0) is 44.1 Å². The van der Waals surface area contributed by atoms with Crippen LogP contribution in [-0.4, -0.2) is 37.5 Å². The Bertz CT molecular complexity index is 920. The summed E-state index contributed by atoms with van der Waals surface area (Å²) in [4.78, 5) is 15.0. The lowest BCUT2D eigenvalue weighted by Crippen LogP contribution is -2.30. The minimum Gasteiger partial charge on any atom is -0.489 e. The van der Waals surface area contributed by atoms with E-state index >= 15 is 0 Å². The summed E-state index contributed by atoms with van der Waals surface area (Å²) in [5, 5.41) is 4.13. The quantitative estimate of drug-likeness (QED) is 0.725. The Morgan fingerprint density at radius 3 is 2.78 bits per heavy atom. The molecule has 5 heteroatoms. The smallest absolute Gasteiger partial charge is 0.290 e. The van der Waals surface area contributed by atoms with Gasteiger partial charge in [0.25, 0.3) is 5.91 Å². The molecule has 0 radical (unpaired) electrons. The Morgan fingerprint density at radius 2 is 1.96 bits per heavy atom. The number of carbonyl (C=O) groups is 1. The molecular weight excluding hydrogens is 340 g/mol. The number of carbonyl (C=O) groups excluding carboxylic acids is 1. The van der Waals surface area contributed by atoms with E-state index in [9.17, 15) is 4.79 Å². The second-order valence-electron chi connectivity index (χ2n) is 6.97. The molecule has 140 valence electrons. The Morgan fingerprint density at radius 1 is 1.19 bits per heavy atom. The fraction of sp³-hybridized carbons (Fsp3) is 0.318. The average Bonchev–Trinajstić information content (AvgIpc) is 3.32. The summed E-state index contributed by atoms with van der Waals surface area (Å²) in [6.07, 6.45) is 1.02. The first-order valence-electron chi connectivity index (χ1n) is 9.38. The van der Waals surface area contributed by atoms with Crippen molar-refractivity contribution >= 4 is 16.9 Å². The Labute approximate surface area is 158 Å². The van der Waals surface area contributed by atoms with Crippen LogP contribution in [0.4, 0.5) is 0 Å². The molecule has 1 aromatic heterocycles. The van der Waals surface area contributed by atoms with Gasteiger partial charge in [0.05, 0.1) is 0 Å². The largest absolute Gasteiger partial charge is 0.489 e. The van der Waals surface area contributed by atoms with Crippen molar-refractivity contribution in [1.29, 1.82) is 0 Å². The Hall–Kier alpha value is -2.79. The van der Waals surface area contributed by atoms with E-state index in [2.05, 4.69) is 5.32 Å². The molecule has 1 N–H and O–H groups in total. The third-order valence-electron chi connectivity index (χ3n) is 5.08. The van der Waals surface area contributed by atoms with Crippen LogP contribution >= 0.6 is 0 Å². The van der Waals surface area contributed by atoms with E-state index in [1.165, 1.54) is 0 Å². The number of para-hydroxylation sites is 2. The highest BCUT2D eigenvalue weighted by Gasteiger charge is 2.31. The van der Waals surface area contributed by atoms with E-state index in [0.717, 1.165) is 48.3 Å². The molecule has 0 bridgehead atoms. The van der Waals surface area contributed by atoms with Crippen LogP contribution in [0.25, 0.3) is 11.0 Å². The number of rotatable bonds is 6. The van der Waals surface area contributed by atoms with E-state index in [0.29, 0.717) is 18.3 Å². The SMILES string of the molecule is CNCC1CCN(C(=O)c2oc3ccccc3c2COc2ccccc2)C1. The van der Waals surface area contributed by atoms with Crippen molar-refractivity contribution < 1.29 is 13.9 Å². The highest BCUT2D eigenvalue weighted by molar-refractivity contribution is 5.99. The number of amides is 1. The molecule has 1 fully saturated rings. The number of nitrogens with zero attached hydrogens (tertiary/aromatic N) is 1. The minimum atomic E-state index is -0.0449. The number of hydrogen-bond acceptors (Lipinski definition) is 4. The second kappa shape index (κ2) is 7.84. The summed E-state index contributed by atoms with van der Waals surface area (Å²) in [7, 11) is 1.95. The second-order valence-corrected chi connectivity index (χ2v) is 6.97. The summed E-state index contributed by atoms with van der Waals surface area (Å²) in [5.41, 5.74) is 1.54. The van der Waals surface area contributed by atoms with Gasteiger partial charge in [-0.1, -0.05) is 36.4 Å². The van der Waals surface area contributed by atoms with Crippen molar-refractivity contribution in [2.75, 3.05) is 26.7 Å². The monoisotopic (exact) mass is 364 g/mol. The van der Waals surface area contributed by atoms with Gasteiger partial charge in [-0.15, -0.1) is 0 Å². The van der Waals surface area contributed by atoms with Crippen LogP contribution in [0.5, 0.6) is 5.75 Å². The molecule has 3 aromatic rings. The van der Waals surface area contributed by atoms with Gasteiger partial charge in [0, 0.05) is 24.0 Å². The maximum Gasteiger partial charge on any atom is 0.290 e. The molecule has 1 aliphatic rings. The summed E-state index contributed by atoms with van der Waals surface area (Å²) < 4.78 is 11.9. The molecule has 27 heavy (non-hydrogen) atoms. The van der Waals surface area contributed by atoms with E-state index in [4.69, 9.17) is 9.15 Å². The van der Waals surface area contributed by atoms with Gasteiger partial charge in [-0.3, -0.25) is 4.79 Å². The standard InChI is InChI=1S/C22H24N2O3/c1-23-13-16-11-12-24(14-16)22(25)21-19(15-26-17-7-3-2-4-8-17)18-9-5-6-10-20(18)27-21/h2-10,16,23H,11-15H2,1H3. The van der Waals surface area contributed by atoms with Gasteiger partial charge in [-0.2, -0.15) is 0 Å². The van der Waals surface area contributed by atoms with Gasteiger partial charge in [-0.25, -0.2) is 0 Å². The molecule has 4 rings (SSSR count). The van der Waals surface area contributed by atoms with Crippen LogP contribution < -0.4 is 10.1 Å². The summed E-state index contributed by atoms with van der Waals surface area (Å²) in [6, 6.07) is 17.4. The van der Waals surface area contributed by atoms with Crippen LogP contribution in [0, 0.1) is 5.92 Å². The van der Waals surface area contributed by atoms with E-state index in [1.807, 2.05) is 66.5 Å². The summed E-state index contributed by atoms with van der Waals surface area (Å²) in [6.45, 7) is 2.75. The lowest BCUT2D eigenvalue weighted by atomic mass is 10.1. The maximum atomic E-state index is 13.2. The van der Waals surface area contributed by atoms with Crippen molar-refractivity contribution in [2.45, 2.75) is 13.0 Å². The first kappa shape index (κ1) is 17.6. The van der Waals surface area contributed by atoms with Crippen molar-refractivity contribution in [2.24, 2.45) is 5.92 Å². The van der Waals surface area contributed by atoms with Gasteiger partial charge in [0.15, 0.2) is 5.76 Å². The number of fused-ring (bicyclic) bond motifs is 1. The van der Waals surface area contributed by atoms with Gasteiger partial charge in [0.1, 0.15) is 17.9 Å². The van der Waals surface area contributed by atoms with Crippen LogP contribution in [0.3, 0.4) is 0 Å². The molecule has 2 aromatic carbocycles. The van der Waals surface area contributed by atoms with Crippen molar-refractivity contribution in [1.82, 2.24) is 10.2 Å². The molecule has 1 saturated heterocycles. The van der Waals surface area contributed by atoms with Gasteiger partial charge >= 0.3 is 0 Å². The minimum absolute atomic E-state index is 0.0449. The molecule has 1 amide bonds. The zero-order chi connectivity index (χ0) is 18.6. The van der Waals surface area contributed by atoms with Crippen molar-refractivity contribution in [3.8, 4) is 5.75 Å². The Balaban J connectivity index is 1.61. The summed E-state index contributed by atoms with van der Waals surface area (Å²) >= 11 is 0. The molecule has 0 saturated carbocycles. The highest BCUT2D eigenvalue weighted by Crippen LogP contribution is 2.29. The third kappa shape index (κ3) is 3.69. The predicted octanol–water partition coefficient (Wildman–Crippen LogP) is 3.69.